The van der Waals surface area contributed by atoms with Crippen LogP contribution in [0.5, 0.6) is 11.5 Å². The van der Waals surface area contributed by atoms with Crippen LogP contribution in [0.3, 0.4) is 0 Å². The van der Waals surface area contributed by atoms with E-state index in [0.29, 0.717) is 24.6 Å². The van der Waals surface area contributed by atoms with Crippen molar-refractivity contribution >= 4 is 11.9 Å². The molecule has 0 saturated carbocycles. The van der Waals surface area contributed by atoms with E-state index in [1.165, 1.54) is 0 Å². The number of rotatable bonds is 8. The van der Waals surface area contributed by atoms with Gasteiger partial charge >= 0.3 is 0 Å². The third-order valence-corrected chi connectivity index (χ3v) is 4.84. The van der Waals surface area contributed by atoms with Gasteiger partial charge in [0.05, 0.1) is 6.54 Å². The van der Waals surface area contributed by atoms with E-state index in [9.17, 15) is 4.79 Å². The summed E-state index contributed by atoms with van der Waals surface area (Å²) < 4.78 is 10.8. The third-order valence-electron chi connectivity index (χ3n) is 4.84. The van der Waals surface area contributed by atoms with Gasteiger partial charge in [-0.1, -0.05) is 25.1 Å². The second kappa shape index (κ2) is 10.5. The first-order chi connectivity index (χ1) is 14.6. The maximum atomic E-state index is 12.4. The number of ether oxygens (including phenoxy) is 2. The Labute approximate surface area is 177 Å². The Kier molecular flexibility index (Phi) is 7.54. The number of benzene rings is 2. The van der Waals surface area contributed by atoms with Crippen LogP contribution in [-0.2, 0) is 13.1 Å². The van der Waals surface area contributed by atoms with Crippen LogP contribution in [-0.4, -0.2) is 31.2 Å². The average Bonchev–Trinajstić information content (AvgIpc) is 3.23. The molecule has 2 aromatic carbocycles. The maximum Gasteiger partial charge on any atom is 0.251 e. The van der Waals surface area contributed by atoms with E-state index in [1.54, 1.807) is 0 Å². The average molecular weight is 411 g/mol. The first-order valence-electron chi connectivity index (χ1n) is 10.4. The minimum Gasteiger partial charge on any atom is -0.454 e. The number of nitrogens with zero attached hydrogens (tertiary/aromatic N) is 1. The summed E-state index contributed by atoms with van der Waals surface area (Å²) in [6.45, 7) is 8.18. The van der Waals surface area contributed by atoms with Gasteiger partial charge in [0.1, 0.15) is 0 Å². The number of amides is 1. The van der Waals surface area contributed by atoms with Crippen LogP contribution in [0.1, 0.15) is 48.7 Å². The number of carbonyl (C=O) groups excluding carboxylic acids is 1. The number of hydrogen-bond donors (Lipinski definition) is 3. The molecule has 1 aliphatic rings. The van der Waals surface area contributed by atoms with Crippen molar-refractivity contribution in [2.24, 2.45) is 4.99 Å². The topological polar surface area (TPSA) is 84.0 Å². The van der Waals surface area contributed by atoms with Crippen molar-refractivity contribution in [1.29, 1.82) is 0 Å². The lowest BCUT2D eigenvalue weighted by Crippen LogP contribution is -2.36. The largest absolute Gasteiger partial charge is 0.454 e. The molecule has 160 valence electrons. The van der Waals surface area contributed by atoms with Crippen LogP contribution in [0.2, 0.25) is 0 Å². The fourth-order valence-electron chi connectivity index (χ4n) is 2.97. The number of guanidine groups is 1. The molecule has 1 unspecified atom stereocenters. The summed E-state index contributed by atoms with van der Waals surface area (Å²) in [5, 5.41) is 9.58. The van der Waals surface area contributed by atoms with Crippen LogP contribution in [0.4, 0.5) is 0 Å². The SMILES string of the molecule is CCNC(=NCc1cccc(C(=O)NC(C)CC)c1)NCc1ccc2c(c1)OCO2. The Bertz CT molecular complexity index is 898. The highest BCUT2D eigenvalue weighted by molar-refractivity contribution is 5.94. The molecule has 0 aromatic heterocycles. The highest BCUT2D eigenvalue weighted by atomic mass is 16.7. The van der Waals surface area contributed by atoms with E-state index in [2.05, 4.69) is 27.9 Å². The highest BCUT2D eigenvalue weighted by Gasteiger charge is 2.13. The zero-order valence-corrected chi connectivity index (χ0v) is 17.8. The lowest BCUT2D eigenvalue weighted by Gasteiger charge is -2.13. The predicted molar refractivity (Wildman–Crippen MR) is 118 cm³/mol. The van der Waals surface area contributed by atoms with Gasteiger partial charge in [-0.25, -0.2) is 4.99 Å². The van der Waals surface area contributed by atoms with E-state index in [4.69, 9.17) is 9.47 Å². The lowest BCUT2D eigenvalue weighted by atomic mass is 10.1. The molecule has 2 aromatic rings. The summed E-state index contributed by atoms with van der Waals surface area (Å²) in [6.07, 6.45) is 0.900. The normalized spacial score (nSPS) is 13.6. The van der Waals surface area contributed by atoms with Crippen molar-refractivity contribution in [3.05, 3.63) is 59.2 Å². The van der Waals surface area contributed by atoms with Crippen LogP contribution in [0.25, 0.3) is 0 Å². The van der Waals surface area contributed by atoms with Crippen molar-refractivity contribution in [3.8, 4) is 11.5 Å². The minimum atomic E-state index is -0.0528. The molecule has 1 atom stereocenters. The number of fused-ring (bicyclic) bond motifs is 1. The van der Waals surface area contributed by atoms with Crippen LogP contribution >= 0.6 is 0 Å². The van der Waals surface area contributed by atoms with Gasteiger partial charge in [-0.15, -0.1) is 0 Å². The van der Waals surface area contributed by atoms with Crippen LogP contribution < -0.4 is 25.4 Å². The molecule has 1 amide bonds. The van der Waals surface area contributed by atoms with E-state index < -0.39 is 0 Å². The van der Waals surface area contributed by atoms with Gasteiger partial charge in [0.25, 0.3) is 5.91 Å². The fraction of sp³-hybridized carbons (Fsp3) is 0.391. The predicted octanol–water partition coefficient (Wildman–Crippen LogP) is 3.20. The molecule has 7 nitrogen and oxygen atoms in total. The van der Waals surface area contributed by atoms with E-state index in [-0.39, 0.29) is 18.7 Å². The number of carbonyl (C=O) groups is 1. The first kappa shape index (κ1) is 21.5. The number of aliphatic imine (C=N–C) groups is 1. The lowest BCUT2D eigenvalue weighted by molar-refractivity contribution is 0.0939. The van der Waals surface area contributed by atoms with Crippen molar-refractivity contribution < 1.29 is 14.3 Å². The summed E-state index contributed by atoms with van der Waals surface area (Å²) in [5.41, 5.74) is 2.71. The van der Waals surface area contributed by atoms with E-state index >= 15 is 0 Å². The van der Waals surface area contributed by atoms with Crippen molar-refractivity contribution in [1.82, 2.24) is 16.0 Å². The van der Waals surface area contributed by atoms with E-state index in [1.807, 2.05) is 56.3 Å². The van der Waals surface area contributed by atoms with Gasteiger partial charge in [0, 0.05) is 24.7 Å². The van der Waals surface area contributed by atoms with Gasteiger partial charge in [-0.3, -0.25) is 4.79 Å². The van der Waals surface area contributed by atoms with Gasteiger partial charge in [-0.05, 0) is 55.7 Å². The highest BCUT2D eigenvalue weighted by Crippen LogP contribution is 2.32. The molecule has 1 heterocycles. The number of nitrogens with one attached hydrogen (secondary N) is 3. The maximum absolute atomic E-state index is 12.4. The van der Waals surface area contributed by atoms with Crippen molar-refractivity contribution in [2.45, 2.75) is 46.3 Å². The summed E-state index contributed by atoms with van der Waals surface area (Å²) in [5.74, 6) is 2.20. The zero-order chi connectivity index (χ0) is 21.3. The molecule has 0 bridgehead atoms. The quantitative estimate of drug-likeness (QED) is 0.460. The molecule has 1 aliphatic heterocycles. The standard InChI is InChI=1S/C23H30N4O3/c1-4-16(3)27-22(28)19-8-6-7-17(11-19)13-25-23(24-5-2)26-14-18-9-10-20-21(12-18)30-15-29-20/h6-12,16H,4-5,13-15H2,1-3H3,(H,27,28)(H2,24,25,26). The van der Waals surface area contributed by atoms with Crippen LogP contribution in [0.15, 0.2) is 47.5 Å². The summed E-state index contributed by atoms with van der Waals surface area (Å²) >= 11 is 0. The monoisotopic (exact) mass is 410 g/mol. The number of hydrogen-bond acceptors (Lipinski definition) is 4. The molecular formula is C23H30N4O3. The van der Waals surface area contributed by atoms with Gasteiger partial charge in [0.15, 0.2) is 17.5 Å². The first-order valence-corrected chi connectivity index (χ1v) is 10.4. The Morgan fingerprint density at radius 1 is 1.07 bits per heavy atom. The molecule has 0 saturated heterocycles. The molecule has 0 spiro atoms. The summed E-state index contributed by atoms with van der Waals surface area (Å²) in [7, 11) is 0. The Hall–Kier alpha value is -3.22. The van der Waals surface area contributed by atoms with Gasteiger partial charge in [0.2, 0.25) is 6.79 Å². The molecule has 0 fully saturated rings. The zero-order valence-electron chi connectivity index (χ0n) is 17.8. The molecule has 30 heavy (non-hydrogen) atoms. The van der Waals surface area contributed by atoms with E-state index in [0.717, 1.165) is 35.6 Å². The summed E-state index contributed by atoms with van der Waals surface area (Å²) in [6, 6.07) is 13.6. The minimum absolute atomic E-state index is 0.0528. The van der Waals surface area contributed by atoms with Gasteiger partial charge in [-0.2, -0.15) is 0 Å². The molecule has 3 rings (SSSR count). The molecule has 7 heteroatoms. The molecular weight excluding hydrogens is 380 g/mol. The molecule has 0 radical (unpaired) electrons. The Morgan fingerprint density at radius 3 is 2.70 bits per heavy atom. The Morgan fingerprint density at radius 2 is 1.90 bits per heavy atom. The van der Waals surface area contributed by atoms with Gasteiger partial charge < -0.3 is 25.4 Å². The van der Waals surface area contributed by atoms with Crippen molar-refractivity contribution in [2.75, 3.05) is 13.3 Å². The second-order valence-corrected chi connectivity index (χ2v) is 7.22. The Balaban J connectivity index is 1.61. The third kappa shape index (κ3) is 5.89. The smallest absolute Gasteiger partial charge is 0.251 e. The summed E-state index contributed by atoms with van der Waals surface area (Å²) in [4.78, 5) is 17.0. The fourth-order valence-corrected chi connectivity index (χ4v) is 2.97. The second-order valence-electron chi connectivity index (χ2n) is 7.22. The molecule has 3 N–H and O–H groups in total. The van der Waals surface area contributed by atoms with Crippen LogP contribution in [0, 0.1) is 0 Å². The molecule has 0 aliphatic carbocycles. The van der Waals surface area contributed by atoms with Crippen molar-refractivity contribution in [3.63, 3.8) is 0 Å².